The molecule has 0 aliphatic rings. The average Bonchev–Trinajstić information content (AvgIpc) is 2.87. The first-order valence-electron chi connectivity index (χ1n) is 6.42. The third kappa shape index (κ3) is 2.73. The van der Waals surface area contributed by atoms with E-state index in [1.165, 1.54) is 46.4 Å². The van der Waals surface area contributed by atoms with Crippen molar-refractivity contribution in [1.29, 1.82) is 0 Å². The Morgan fingerprint density at radius 2 is 2.18 bits per heavy atom. The van der Waals surface area contributed by atoms with Crippen molar-refractivity contribution in [3.05, 3.63) is 51.5 Å². The highest BCUT2D eigenvalue weighted by Crippen LogP contribution is 2.16. The van der Waals surface area contributed by atoms with E-state index in [0.717, 1.165) is 5.01 Å². The van der Waals surface area contributed by atoms with Gasteiger partial charge < -0.3 is 4.57 Å². The van der Waals surface area contributed by atoms with Crippen LogP contribution in [-0.4, -0.2) is 20.7 Å². The van der Waals surface area contributed by atoms with E-state index in [1.807, 2.05) is 0 Å². The number of carbonyl (C=O) groups excluding carboxylic acids is 1. The van der Waals surface area contributed by atoms with Gasteiger partial charge in [0.1, 0.15) is 17.4 Å². The lowest BCUT2D eigenvalue weighted by Crippen LogP contribution is -2.20. The van der Waals surface area contributed by atoms with Gasteiger partial charge in [-0.1, -0.05) is 17.4 Å². The Morgan fingerprint density at radius 3 is 2.91 bits per heavy atom. The third-order valence-electron chi connectivity index (χ3n) is 3.03. The van der Waals surface area contributed by atoms with Crippen molar-refractivity contribution in [3.8, 4) is 0 Å². The fraction of sp³-hybridized carbons (Fsp3) is 0.143. The summed E-state index contributed by atoms with van der Waals surface area (Å²) in [6.07, 6.45) is 1.40. The monoisotopic (exact) mass is 318 g/mol. The molecule has 0 atom stereocenters. The van der Waals surface area contributed by atoms with E-state index >= 15 is 0 Å². The van der Waals surface area contributed by atoms with Crippen LogP contribution < -0.4 is 10.7 Å². The highest BCUT2D eigenvalue weighted by atomic mass is 32.1. The normalized spacial score (nSPS) is 10.8. The van der Waals surface area contributed by atoms with E-state index in [4.69, 9.17) is 0 Å². The zero-order valence-electron chi connectivity index (χ0n) is 11.5. The zero-order chi connectivity index (χ0) is 15.7. The molecule has 112 valence electrons. The van der Waals surface area contributed by atoms with Crippen LogP contribution in [0.4, 0.5) is 9.52 Å². The smallest absolute Gasteiger partial charge is 0.246 e. The summed E-state index contributed by atoms with van der Waals surface area (Å²) in [7, 11) is 0. The number of anilines is 1. The fourth-order valence-electron chi connectivity index (χ4n) is 2.12. The largest absolute Gasteiger partial charge is 0.335 e. The predicted molar refractivity (Wildman–Crippen MR) is 81.4 cm³/mol. The number of benzene rings is 1. The van der Waals surface area contributed by atoms with Gasteiger partial charge in [0.2, 0.25) is 11.0 Å². The van der Waals surface area contributed by atoms with Gasteiger partial charge in [-0.05, 0) is 19.1 Å². The Kier molecular flexibility index (Phi) is 3.68. The van der Waals surface area contributed by atoms with Crippen LogP contribution in [0, 0.1) is 12.7 Å². The lowest BCUT2D eigenvalue weighted by atomic mass is 10.2. The van der Waals surface area contributed by atoms with Gasteiger partial charge in [-0.3, -0.25) is 14.9 Å². The minimum Gasteiger partial charge on any atom is -0.335 e. The first-order valence-corrected chi connectivity index (χ1v) is 7.24. The molecule has 0 bridgehead atoms. The summed E-state index contributed by atoms with van der Waals surface area (Å²) in [6, 6.07) is 5.56. The van der Waals surface area contributed by atoms with E-state index in [9.17, 15) is 14.0 Å². The Bertz CT molecular complexity index is 919. The van der Waals surface area contributed by atoms with Gasteiger partial charge in [0, 0.05) is 17.6 Å². The van der Waals surface area contributed by atoms with Gasteiger partial charge in [-0.2, -0.15) is 0 Å². The highest BCUT2D eigenvalue weighted by molar-refractivity contribution is 7.15. The number of halogens is 1. The molecule has 1 amide bonds. The molecular weight excluding hydrogens is 307 g/mol. The summed E-state index contributed by atoms with van der Waals surface area (Å²) >= 11 is 1.25. The predicted octanol–water partition coefficient (Wildman–Crippen LogP) is 1.94. The van der Waals surface area contributed by atoms with Gasteiger partial charge in [0.05, 0.1) is 5.52 Å². The molecule has 0 unspecified atom stereocenters. The topological polar surface area (TPSA) is 76.9 Å². The molecule has 8 heteroatoms. The quantitative estimate of drug-likeness (QED) is 0.800. The van der Waals surface area contributed by atoms with Gasteiger partial charge in [-0.15, -0.1) is 10.2 Å². The molecule has 3 rings (SSSR count). The zero-order valence-corrected chi connectivity index (χ0v) is 12.4. The van der Waals surface area contributed by atoms with Crippen molar-refractivity contribution in [2.45, 2.75) is 13.5 Å². The minimum absolute atomic E-state index is 0.110. The van der Waals surface area contributed by atoms with Crippen LogP contribution in [0.5, 0.6) is 0 Å². The van der Waals surface area contributed by atoms with Gasteiger partial charge in [0.15, 0.2) is 5.43 Å². The van der Waals surface area contributed by atoms with Gasteiger partial charge in [-0.25, -0.2) is 4.39 Å². The molecule has 1 aromatic carbocycles. The van der Waals surface area contributed by atoms with Crippen LogP contribution in [0.3, 0.4) is 0 Å². The second kappa shape index (κ2) is 5.64. The van der Waals surface area contributed by atoms with Crippen molar-refractivity contribution in [1.82, 2.24) is 14.8 Å². The maximum atomic E-state index is 14.0. The van der Waals surface area contributed by atoms with Crippen LogP contribution >= 0.6 is 11.3 Å². The number of fused-ring (bicyclic) bond motifs is 1. The number of nitrogens with zero attached hydrogens (tertiary/aromatic N) is 3. The SMILES string of the molecule is Cc1nnc(NC(=O)Cn2ccc(=O)c3cccc(F)c32)s1. The van der Waals surface area contributed by atoms with E-state index in [2.05, 4.69) is 15.5 Å². The summed E-state index contributed by atoms with van der Waals surface area (Å²) in [4.78, 5) is 23.8. The molecule has 0 saturated carbocycles. The van der Waals surface area contributed by atoms with Gasteiger partial charge in [0.25, 0.3) is 0 Å². The molecule has 1 N–H and O–H groups in total. The number of rotatable bonds is 3. The molecule has 0 radical (unpaired) electrons. The summed E-state index contributed by atoms with van der Waals surface area (Å²) in [5.74, 6) is -0.917. The summed E-state index contributed by atoms with van der Waals surface area (Å²) < 4.78 is 15.4. The van der Waals surface area contributed by atoms with E-state index < -0.39 is 5.82 Å². The molecule has 6 nitrogen and oxygen atoms in total. The standard InChI is InChI=1S/C14H11FN4O2S/c1-8-17-18-14(22-8)16-12(21)7-19-6-5-11(20)9-3-2-4-10(15)13(9)19/h2-6H,7H2,1H3,(H,16,18,21). The van der Waals surface area contributed by atoms with E-state index in [-0.39, 0.29) is 28.8 Å². The van der Waals surface area contributed by atoms with Crippen molar-refractivity contribution < 1.29 is 9.18 Å². The first-order chi connectivity index (χ1) is 10.5. The summed E-state index contributed by atoms with van der Waals surface area (Å²) in [6.45, 7) is 1.65. The number of para-hydroxylation sites is 1. The molecule has 2 aromatic heterocycles. The van der Waals surface area contributed by atoms with Crippen LogP contribution in [0.2, 0.25) is 0 Å². The molecule has 0 aliphatic carbocycles. The Labute approximate surface area is 128 Å². The molecule has 0 aliphatic heterocycles. The molecule has 0 fully saturated rings. The Balaban J connectivity index is 1.92. The van der Waals surface area contributed by atoms with Crippen LogP contribution in [0.15, 0.2) is 35.3 Å². The number of carbonyl (C=O) groups is 1. The number of pyridine rings is 1. The number of aryl methyl sites for hydroxylation is 1. The van der Waals surface area contributed by atoms with Crippen molar-refractivity contribution in [2.24, 2.45) is 0 Å². The Morgan fingerprint density at radius 1 is 1.36 bits per heavy atom. The molecule has 22 heavy (non-hydrogen) atoms. The number of hydrogen-bond donors (Lipinski definition) is 1. The van der Waals surface area contributed by atoms with Crippen molar-refractivity contribution >= 4 is 33.3 Å². The fourth-order valence-corrected chi connectivity index (χ4v) is 2.73. The summed E-state index contributed by atoms with van der Waals surface area (Å²) in [5, 5.41) is 11.5. The van der Waals surface area contributed by atoms with Crippen molar-refractivity contribution in [3.63, 3.8) is 0 Å². The average molecular weight is 318 g/mol. The van der Waals surface area contributed by atoms with Crippen LogP contribution in [0.25, 0.3) is 10.9 Å². The van der Waals surface area contributed by atoms with E-state index in [1.54, 1.807) is 6.92 Å². The lowest BCUT2D eigenvalue weighted by Gasteiger charge is -2.10. The third-order valence-corrected chi connectivity index (χ3v) is 3.79. The number of aromatic nitrogens is 3. The van der Waals surface area contributed by atoms with E-state index in [0.29, 0.717) is 5.13 Å². The second-order valence-corrected chi connectivity index (χ2v) is 5.80. The minimum atomic E-state index is -0.547. The van der Waals surface area contributed by atoms with Crippen LogP contribution in [-0.2, 0) is 11.3 Å². The van der Waals surface area contributed by atoms with Gasteiger partial charge >= 0.3 is 0 Å². The first kappa shape index (κ1) is 14.3. The second-order valence-electron chi connectivity index (χ2n) is 4.62. The lowest BCUT2D eigenvalue weighted by molar-refractivity contribution is -0.116. The van der Waals surface area contributed by atoms with Crippen LogP contribution in [0.1, 0.15) is 5.01 Å². The maximum Gasteiger partial charge on any atom is 0.246 e. The molecule has 3 aromatic rings. The molecular formula is C14H11FN4O2S. The molecule has 0 spiro atoms. The number of hydrogen-bond acceptors (Lipinski definition) is 5. The summed E-state index contributed by atoms with van der Waals surface area (Å²) in [5.41, 5.74) is -0.176. The highest BCUT2D eigenvalue weighted by Gasteiger charge is 2.12. The molecule has 0 saturated heterocycles. The van der Waals surface area contributed by atoms with Crippen molar-refractivity contribution in [2.75, 3.05) is 5.32 Å². The molecule has 2 heterocycles. The number of nitrogens with one attached hydrogen (secondary N) is 1. The Hall–Kier alpha value is -2.61. The maximum absolute atomic E-state index is 14.0. The number of amides is 1.